The van der Waals surface area contributed by atoms with Crippen molar-refractivity contribution in [2.45, 2.75) is 32.2 Å². The highest BCUT2D eigenvalue weighted by molar-refractivity contribution is 6.31. The lowest BCUT2D eigenvalue weighted by Gasteiger charge is -2.10. The van der Waals surface area contributed by atoms with Crippen molar-refractivity contribution in [1.29, 1.82) is 0 Å². The molecule has 1 aliphatic rings. The zero-order valence-electron chi connectivity index (χ0n) is 14.9. The second kappa shape index (κ2) is 8.77. The number of nitrogens with one attached hydrogen (secondary N) is 1. The molecule has 0 spiro atoms. The van der Waals surface area contributed by atoms with E-state index in [9.17, 15) is 9.59 Å². The van der Waals surface area contributed by atoms with Gasteiger partial charge in [0.25, 0.3) is 0 Å². The van der Waals surface area contributed by atoms with E-state index in [4.69, 9.17) is 16.3 Å². The lowest BCUT2D eigenvalue weighted by Crippen LogP contribution is -2.26. The third-order valence-corrected chi connectivity index (χ3v) is 4.31. The van der Waals surface area contributed by atoms with Crippen molar-refractivity contribution in [3.63, 3.8) is 0 Å². The SMILES string of the molecule is CCCOC(=O)CC[C@@H]1N=C(c2ccccn2)c2cc(Cl)ccc2NC1=O. The minimum absolute atomic E-state index is 0.119. The van der Waals surface area contributed by atoms with E-state index >= 15 is 0 Å². The molecular formula is C20H20ClN3O3. The molecule has 0 unspecified atom stereocenters. The zero-order chi connectivity index (χ0) is 19.2. The molecule has 7 heteroatoms. The number of rotatable bonds is 6. The van der Waals surface area contributed by atoms with E-state index in [1.807, 2.05) is 25.1 Å². The first kappa shape index (κ1) is 19.0. The number of carbonyl (C=O) groups excluding carboxylic acids is 2. The summed E-state index contributed by atoms with van der Waals surface area (Å²) in [5, 5.41) is 3.41. The Balaban J connectivity index is 1.93. The van der Waals surface area contributed by atoms with Crippen LogP contribution in [0.15, 0.2) is 47.6 Å². The number of amides is 1. The van der Waals surface area contributed by atoms with Crippen molar-refractivity contribution in [3.05, 3.63) is 58.9 Å². The highest BCUT2D eigenvalue weighted by Crippen LogP contribution is 2.27. The number of esters is 1. The van der Waals surface area contributed by atoms with E-state index in [-0.39, 0.29) is 24.7 Å². The summed E-state index contributed by atoms with van der Waals surface area (Å²) in [6, 6.07) is 9.97. The highest BCUT2D eigenvalue weighted by atomic mass is 35.5. The van der Waals surface area contributed by atoms with E-state index in [1.165, 1.54) is 0 Å². The molecule has 0 fully saturated rings. The first-order valence-corrected chi connectivity index (χ1v) is 9.22. The normalized spacial score (nSPS) is 16.0. The van der Waals surface area contributed by atoms with E-state index in [2.05, 4.69) is 15.3 Å². The first-order chi connectivity index (χ1) is 13.1. The second-order valence-corrected chi connectivity index (χ2v) is 6.58. The number of pyridine rings is 1. The third kappa shape index (κ3) is 4.71. The maximum atomic E-state index is 12.6. The van der Waals surface area contributed by atoms with E-state index in [0.717, 1.165) is 6.42 Å². The lowest BCUT2D eigenvalue weighted by molar-refractivity contribution is -0.143. The van der Waals surface area contributed by atoms with Gasteiger partial charge in [0.1, 0.15) is 6.04 Å². The summed E-state index contributed by atoms with van der Waals surface area (Å²) in [6.45, 7) is 2.31. The number of halogens is 1. The number of fused-ring (bicyclic) bond motifs is 1. The van der Waals surface area contributed by atoms with Crippen LogP contribution in [0.4, 0.5) is 5.69 Å². The molecule has 1 amide bonds. The van der Waals surface area contributed by atoms with Crippen LogP contribution in [-0.4, -0.2) is 35.2 Å². The van der Waals surface area contributed by atoms with Gasteiger partial charge in [0, 0.05) is 23.2 Å². The molecule has 0 saturated heterocycles. The van der Waals surface area contributed by atoms with Crippen LogP contribution in [0, 0.1) is 0 Å². The summed E-state index contributed by atoms with van der Waals surface area (Å²) in [7, 11) is 0. The molecule has 3 rings (SSSR count). The number of ether oxygens (including phenoxy) is 1. The minimum Gasteiger partial charge on any atom is -0.466 e. The Morgan fingerprint density at radius 2 is 2.15 bits per heavy atom. The van der Waals surface area contributed by atoms with Crippen molar-refractivity contribution < 1.29 is 14.3 Å². The van der Waals surface area contributed by atoms with E-state index in [1.54, 1.807) is 24.4 Å². The van der Waals surface area contributed by atoms with Gasteiger partial charge < -0.3 is 10.1 Å². The summed E-state index contributed by atoms with van der Waals surface area (Å²) in [5.41, 5.74) is 2.52. The molecule has 0 aliphatic carbocycles. The lowest BCUT2D eigenvalue weighted by atomic mass is 10.0. The monoisotopic (exact) mass is 385 g/mol. The van der Waals surface area contributed by atoms with E-state index in [0.29, 0.717) is 34.3 Å². The predicted molar refractivity (Wildman–Crippen MR) is 104 cm³/mol. The Morgan fingerprint density at radius 3 is 2.89 bits per heavy atom. The molecule has 1 atom stereocenters. The molecule has 1 aliphatic heterocycles. The average Bonchev–Trinajstić information content (AvgIpc) is 2.81. The van der Waals surface area contributed by atoms with Gasteiger partial charge in [-0.1, -0.05) is 24.6 Å². The summed E-state index contributed by atoms with van der Waals surface area (Å²) in [5.74, 6) is -0.600. The Bertz CT molecular complexity index is 868. The van der Waals surface area contributed by atoms with Crippen LogP contribution in [0.1, 0.15) is 37.4 Å². The van der Waals surface area contributed by atoms with Crippen LogP contribution in [0.5, 0.6) is 0 Å². The van der Waals surface area contributed by atoms with Crippen LogP contribution in [0.2, 0.25) is 5.02 Å². The highest BCUT2D eigenvalue weighted by Gasteiger charge is 2.27. The van der Waals surface area contributed by atoms with Crippen molar-refractivity contribution in [1.82, 2.24) is 4.98 Å². The fourth-order valence-electron chi connectivity index (χ4n) is 2.77. The van der Waals surface area contributed by atoms with Gasteiger partial charge >= 0.3 is 5.97 Å². The van der Waals surface area contributed by atoms with Crippen molar-refractivity contribution in [2.75, 3.05) is 11.9 Å². The van der Waals surface area contributed by atoms with Gasteiger partial charge in [-0.15, -0.1) is 0 Å². The standard InChI is InChI=1S/C20H20ClN3O3/c1-2-11-27-18(25)9-8-17-20(26)24-15-7-6-13(21)12-14(15)19(23-17)16-5-3-4-10-22-16/h3-7,10,12,17H,2,8-9,11H2,1H3,(H,24,26)/t17-/m0/s1. The maximum Gasteiger partial charge on any atom is 0.305 e. The molecule has 1 aromatic carbocycles. The summed E-state index contributed by atoms with van der Waals surface area (Å²) in [4.78, 5) is 33.5. The summed E-state index contributed by atoms with van der Waals surface area (Å²) >= 11 is 6.16. The van der Waals surface area contributed by atoms with Gasteiger partial charge in [-0.25, -0.2) is 0 Å². The molecule has 0 radical (unpaired) electrons. The van der Waals surface area contributed by atoms with Crippen molar-refractivity contribution in [2.24, 2.45) is 4.99 Å². The molecule has 0 saturated carbocycles. The van der Waals surface area contributed by atoms with Crippen LogP contribution in [-0.2, 0) is 14.3 Å². The minimum atomic E-state index is -0.720. The largest absolute Gasteiger partial charge is 0.466 e. The van der Waals surface area contributed by atoms with Crippen LogP contribution in [0.25, 0.3) is 0 Å². The van der Waals surface area contributed by atoms with E-state index < -0.39 is 6.04 Å². The van der Waals surface area contributed by atoms with Crippen LogP contribution >= 0.6 is 11.6 Å². The van der Waals surface area contributed by atoms with Gasteiger partial charge in [0.15, 0.2) is 0 Å². The molecule has 6 nitrogen and oxygen atoms in total. The maximum absolute atomic E-state index is 12.6. The number of benzodiazepines with no additional fused rings is 1. The van der Waals surface area contributed by atoms with Crippen molar-refractivity contribution in [3.8, 4) is 0 Å². The number of aliphatic imine (C=N–C) groups is 1. The first-order valence-electron chi connectivity index (χ1n) is 8.84. The smallest absolute Gasteiger partial charge is 0.305 e. The van der Waals surface area contributed by atoms with Crippen molar-refractivity contribution >= 4 is 34.9 Å². The second-order valence-electron chi connectivity index (χ2n) is 6.15. The number of hydrogen-bond donors (Lipinski definition) is 1. The fourth-order valence-corrected chi connectivity index (χ4v) is 2.94. The Hall–Kier alpha value is -2.73. The van der Waals surface area contributed by atoms with Crippen LogP contribution in [0.3, 0.4) is 0 Å². The predicted octanol–water partition coefficient (Wildman–Crippen LogP) is 3.63. The molecule has 0 bridgehead atoms. The Morgan fingerprint density at radius 1 is 1.30 bits per heavy atom. The molecule has 27 heavy (non-hydrogen) atoms. The fraction of sp³-hybridized carbons (Fsp3) is 0.300. The van der Waals surface area contributed by atoms with Gasteiger partial charge in [-0.2, -0.15) is 0 Å². The van der Waals surface area contributed by atoms with Gasteiger partial charge in [-0.3, -0.25) is 19.6 Å². The topological polar surface area (TPSA) is 80.7 Å². The molecular weight excluding hydrogens is 366 g/mol. The number of nitrogens with zero attached hydrogens (tertiary/aromatic N) is 2. The van der Waals surface area contributed by atoms with Crippen LogP contribution < -0.4 is 5.32 Å². The van der Waals surface area contributed by atoms with Gasteiger partial charge in [0.2, 0.25) is 5.91 Å². The molecule has 2 aromatic rings. The summed E-state index contributed by atoms with van der Waals surface area (Å²) < 4.78 is 5.09. The third-order valence-electron chi connectivity index (χ3n) is 4.08. The number of hydrogen-bond acceptors (Lipinski definition) is 5. The molecule has 140 valence electrons. The number of anilines is 1. The number of aromatic nitrogens is 1. The number of benzene rings is 1. The Kier molecular flexibility index (Phi) is 6.19. The Labute approximate surface area is 162 Å². The van der Waals surface area contributed by atoms with Gasteiger partial charge in [0.05, 0.1) is 23.7 Å². The molecule has 1 N–H and O–H groups in total. The number of carbonyl (C=O) groups is 2. The summed E-state index contributed by atoms with van der Waals surface area (Å²) in [6.07, 6.45) is 2.80. The van der Waals surface area contributed by atoms with Gasteiger partial charge in [-0.05, 0) is 43.2 Å². The quantitative estimate of drug-likeness (QED) is 0.770. The molecule has 2 heterocycles. The average molecular weight is 386 g/mol. The zero-order valence-corrected chi connectivity index (χ0v) is 15.7. The molecule has 1 aromatic heterocycles.